The number of alkyl halides is 7. The summed E-state index contributed by atoms with van der Waals surface area (Å²) < 4.78 is 110. The highest BCUT2D eigenvalue weighted by Gasteiger charge is 2.72. The first kappa shape index (κ1) is 19.2. The van der Waals surface area contributed by atoms with Crippen LogP contribution < -0.4 is 4.83 Å². The number of sulfonamides is 1. The van der Waals surface area contributed by atoms with Gasteiger partial charge in [-0.25, -0.2) is 4.83 Å². The number of hydrazone groups is 1. The molecule has 0 radical (unpaired) electrons. The van der Waals surface area contributed by atoms with Crippen LogP contribution in [0.15, 0.2) is 34.3 Å². The fourth-order valence-electron chi connectivity index (χ4n) is 1.22. The number of benzene rings is 1. The zero-order chi connectivity index (χ0) is 18.1. The summed E-state index contributed by atoms with van der Waals surface area (Å²) in [5.41, 5.74) is 0.670. The molecule has 0 heterocycles. The lowest BCUT2D eigenvalue weighted by Crippen LogP contribution is -2.53. The average molecular weight is 366 g/mol. The highest BCUT2D eigenvalue weighted by molar-refractivity contribution is 7.89. The molecule has 0 spiro atoms. The summed E-state index contributed by atoms with van der Waals surface area (Å²) in [5, 5.41) is 2.30. The number of aryl methyl sites for hydroxylation is 1. The van der Waals surface area contributed by atoms with E-state index in [1.54, 1.807) is 6.92 Å². The number of halogens is 7. The third-order valence-corrected chi connectivity index (χ3v) is 3.74. The second kappa shape index (κ2) is 5.98. The lowest BCUT2D eigenvalue weighted by molar-refractivity contribution is -0.335. The third kappa shape index (κ3) is 4.12. The lowest BCUT2D eigenvalue weighted by atomic mass is 10.2. The van der Waals surface area contributed by atoms with E-state index in [0.717, 1.165) is 17.0 Å². The Balaban J connectivity index is 2.96. The molecule has 0 amide bonds. The monoisotopic (exact) mass is 366 g/mol. The van der Waals surface area contributed by atoms with Crippen LogP contribution in [0.4, 0.5) is 30.7 Å². The minimum Gasteiger partial charge on any atom is -0.200 e. The fraction of sp³-hybridized carbons (Fsp3) is 0.364. The van der Waals surface area contributed by atoms with Crippen molar-refractivity contribution in [2.75, 3.05) is 0 Å². The Morgan fingerprint density at radius 1 is 1.00 bits per heavy atom. The van der Waals surface area contributed by atoms with Gasteiger partial charge in [-0.2, -0.15) is 44.3 Å². The minimum absolute atomic E-state index is 0.439. The van der Waals surface area contributed by atoms with E-state index in [1.165, 1.54) is 12.1 Å². The summed E-state index contributed by atoms with van der Waals surface area (Å²) in [6.45, 7) is 1.63. The molecule has 0 bridgehead atoms. The molecule has 0 atom stereocenters. The van der Waals surface area contributed by atoms with Crippen LogP contribution in [0.5, 0.6) is 0 Å². The van der Waals surface area contributed by atoms with Crippen LogP contribution in [0.2, 0.25) is 0 Å². The average Bonchev–Trinajstić information content (AvgIpc) is 2.37. The number of rotatable bonds is 5. The van der Waals surface area contributed by atoms with Crippen LogP contribution in [0.25, 0.3) is 0 Å². The summed E-state index contributed by atoms with van der Waals surface area (Å²) >= 11 is 0. The van der Waals surface area contributed by atoms with Crippen LogP contribution in [0.3, 0.4) is 0 Å². The number of hydrogen-bond acceptors (Lipinski definition) is 3. The smallest absolute Gasteiger partial charge is 0.200 e. The van der Waals surface area contributed by atoms with Crippen molar-refractivity contribution in [3.63, 3.8) is 0 Å². The van der Waals surface area contributed by atoms with Gasteiger partial charge in [0.15, 0.2) is 0 Å². The van der Waals surface area contributed by atoms with E-state index in [1.807, 2.05) is 0 Å². The lowest BCUT2D eigenvalue weighted by Gasteiger charge is -2.24. The Hall–Kier alpha value is -1.85. The van der Waals surface area contributed by atoms with Crippen LogP contribution in [-0.2, 0) is 10.0 Å². The van der Waals surface area contributed by atoms with Gasteiger partial charge in [-0.05, 0) is 19.1 Å². The Kier molecular flexibility index (Phi) is 4.99. The molecule has 0 fully saturated rings. The third-order valence-electron chi connectivity index (χ3n) is 2.51. The van der Waals surface area contributed by atoms with Gasteiger partial charge in [0.05, 0.1) is 4.90 Å². The fourth-order valence-corrected chi connectivity index (χ4v) is 2.01. The standard InChI is InChI=1S/C11H9F7N2O2S/c1-7-2-4-8(5-3-7)23(21,22)20-19-6-9(12,13)10(14,15)11(16,17)18/h2-6,20H,1H3/b19-6+. The van der Waals surface area contributed by atoms with E-state index in [9.17, 15) is 39.2 Å². The summed E-state index contributed by atoms with van der Waals surface area (Å²) in [7, 11) is -4.49. The van der Waals surface area contributed by atoms with Gasteiger partial charge in [0, 0.05) is 0 Å². The van der Waals surface area contributed by atoms with E-state index in [2.05, 4.69) is 5.10 Å². The molecule has 1 aromatic carbocycles. The topological polar surface area (TPSA) is 58.5 Å². The molecule has 130 valence electrons. The Morgan fingerprint density at radius 3 is 1.91 bits per heavy atom. The maximum absolute atomic E-state index is 12.9. The van der Waals surface area contributed by atoms with Crippen molar-refractivity contribution in [3.05, 3.63) is 29.8 Å². The van der Waals surface area contributed by atoms with Gasteiger partial charge in [-0.3, -0.25) is 0 Å². The highest BCUT2D eigenvalue weighted by Crippen LogP contribution is 2.45. The molecule has 0 unspecified atom stereocenters. The van der Waals surface area contributed by atoms with Crippen LogP contribution in [0, 0.1) is 6.92 Å². The second-order valence-electron chi connectivity index (χ2n) is 4.36. The Morgan fingerprint density at radius 2 is 1.48 bits per heavy atom. The number of hydrogen-bond donors (Lipinski definition) is 1. The van der Waals surface area contributed by atoms with Crippen LogP contribution >= 0.6 is 0 Å². The molecule has 0 aromatic heterocycles. The molecule has 1 rings (SSSR count). The van der Waals surface area contributed by atoms with E-state index in [4.69, 9.17) is 0 Å². The van der Waals surface area contributed by atoms with Crippen molar-refractivity contribution in [2.45, 2.75) is 29.8 Å². The second-order valence-corrected chi connectivity index (χ2v) is 6.02. The maximum Gasteiger partial charge on any atom is 0.460 e. The molecule has 0 aliphatic carbocycles. The van der Waals surface area contributed by atoms with Gasteiger partial charge in [0.2, 0.25) is 0 Å². The molecule has 0 saturated carbocycles. The van der Waals surface area contributed by atoms with Gasteiger partial charge in [-0.15, -0.1) is 0 Å². The van der Waals surface area contributed by atoms with Crippen molar-refractivity contribution >= 4 is 16.2 Å². The number of nitrogens with zero attached hydrogens (tertiary/aromatic N) is 1. The molecule has 1 N–H and O–H groups in total. The molecule has 0 aliphatic rings. The molecule has 4 nitrogen and oxygen atoms in total. The van der Waals surface area contributed by atoms with E-state index >= 15 is 0 Å². The van der Waals surface area contributed by atoms with E-state index in [-0.39, 0.29) is 0 Å². The van der Waals surface area contributed by atoms with Crippen LogP contribution in [0.1, 0.15) is 5.56 Å². The van der Waals surface area contributed by atoms with Crippen molar-refractivity contribution in [2.24, 2.45) is 5.10 Å². The Labute approximate surface area is 126 Å². The largest absolute Gasteiger partial charge is 0.460 e. The summed E-state index contributed by atoms with van der Waals surface area (Å²) in [5.74, 6) is -12.1. The summed E-state index contributed by atoms with van der Waals surface area (Å²) in [4.78, 5) is 0.697. The molecule has 0 aliphatic heterocycles. The molecule has 12 heteroatoms. The SMILES string of the molecule is Cc1ccc(S(=O)(=O)N/N=C/C(F)(F)C(F)(F)C(F)(F)F)cc1. The molecular formula is C11H9F7N2O2S. The zero-order valence-electron chi connectivity index (χ0n) is 11.2. The normalized spacial score (nSPS) is 14.3. The molecule has 0 saturated heterocycles. The Bertz CT molecular complexity index is 681. The van der Waals surface area contributed by atoms with E-state index in [0.29, 0.717) is 5.56 Å². The van der Waals surface area contributed by atoms with Gasteiger partial charge < -0.3 is 0 Å². The first-order valence-corrected chi connectivity index (χ1v) is 7.14. The number of nitrogens with one attached hydrogen (secondary N) is 1. The molecule has 23 heavy (non-hydrogen) atoms. The van der Waals surface area contributed by atoms with E-state index < -0.39 is 39.2 Å². The first-order chi connectivity index (χ1) is 10.2. The van der Waals surface area contributed by atoms with Crippen molar-refractivity contribution in [1.82, 2.24) is 4.83 Å². The van der Waals surface area contributed by atoms with Gasteiger partial charge in [-0.1, -0.05) is 17.7 Å². The quantitative estimate of drug-likeness (QED) is 0.495. The van der Waals surface area contributed by atoms with Crippen molar-refractivity contribution in [1.29, 1.82) is 0 Å². The van der Waals surface area contributed by atoms with Crippen LogP contribution in [-0.4, -0.2) is 32.7 Å². The first-order valence-electron chi connectivity index (χ1n) is 5.66. The zero-order valence-corrected chi connectivity index (χ0v) is 12.0. The molecule has 1 aromatic rings. The predicted molar refractivity (Wildman–Crippen MR) is 65.9 cm³/mol. The minimum atomic E-state index is -6.53. The van der Waals surface area contributed by atoms with Gasteiger partial charge in [0.25, 0.3) is 10.0 Å². The van der Waals surface area contributed by atoms with Crippen molar-refractivity contribution < 1.29 is 39.2 Å². The predicted octanol–water partition coefficient (Wildman–Crippen LogP) is 3.09. The molecular weight excluding hydrogens is 357 g/mol. The maximum atomic E-state index is 12.9. The van der Waals surface area contributed by atoms with Gasteiger partial charge >= 0.3 is 18.0 Å². The van der Waals surface area contributed by atoms with Gasteiger partial charge in [0.1, 0.15) is 6.21 Å². The summed E-state index contributed by atoms with van der Waals surface area (Å²) in [6.07, 6.45) is -7.63. The highest BCUT2D eigenvalue weighted by atomic mass is 32.2. The van der Waals surface area contributed by atoms with Crippen molar-refractivity contribution in [3.8, 4) is 0 Å². The summed E-state index contributed by atoms with van der Waals surface area (Å²) in [6, 6.07) is 4.83.